The lowest BCUT2D eigenvalue weighted by Gasteiger charge is -2.25. The fourth-order valence-electron chi connectivity index (χ4n) is 3.06. The minimum Gasteiger partial charge on any atom is -0.495 e. The molecule has 1 N–H and O–H groups in total. The predicted molar refractivity (Wildman–Crippen MR) is 105 cm³/mol. The van der Waals surface area contributed by atoms with Crippen molar-refractivity contribution in [2.75, 3.05) is 24.4 Å². The number of ether oxygens (including phenoxy) is 1. The normalized spacial score (nSPS) is 14.1. The standard InChI is InChI=1S/C20H20N2O4S/c1-26-17-10-6-5-9-15(17)21-18(23)16(11-12-27-2)22-19(24)13-7-3-4-8-14(13)20(22)25/h3-10,16H,11-12H2,1-2H3,(H,21,23)/t16-/m1/s1. The molecule has 0 saturated carbocycles. The van der Waals surface area contributed by atoms with Crippen molar-refractivity contribution < 1.29 is 19.1 Å². The molecule has 27 heavy (non-hydrogen) atoms. The van der Waals surface area contributed by atoms with Gasteiger partial charge in [-0.3, -0.25) is 19.3 Å². The van der Waals surface area contributed by atoms with Gasteiger partial charge in [-0.15, -0.1) is 0 Å². The zero-order valence-electron chi connectivity index (χ0n) is 15.1. The second-order valence-electron chi connectivity index (χ2n) is 6.01. The van der Waals surface area contributed by atoms with Crippen LogP contribution < -0.4 is 10.1 Å². The molecule has 140 valence electrons. The van der Waals surface area contributed by atoms with Crippen LogP contribution in [0.5, 0.6) is 5.75 Å². The number of nitrogens with one attached hydrogen (secondary N) is 1. The van der Waals surface area contributed by atoms with E-state index in [1.165, 1.54) is 7.11 Å². The summed E-state index contributed by atoms with van der Waals surface area (Å²) in [6, 6.07) is 12.8. The second kappa shape index (κ2) is 8.26. The van der Waals surface area contributed by atoms with Crippen LogP contribution in [0.15, 0.2) is 48.5 Å². The molecule has 6 nitrogen and oxygen atoms in total. The lowest BCUT2D eigenvalue weighted by atomic mass is 10.1. The minimum atomic E-state index is -0.894. The summed E-state index contributed by atoms with van der Waals surface area (Å²) in [7, 11) is 1.51. The van der Waals surface area contributed by atoms with Crippen LogP contribution in [0.1, 0.15) is 27.1 Å². The van der Waals surface area contributed by atoms with Gasteiger partial charge in [0.15, 0.2) is 0 Å². The van der Waals surface area contributed by atoms with E-state index >= 15 is 0 Å². The Morgan fingerprint density at radius 1 is 1.07 bits per heavy atom. The third-order valence-electron chi connectivity index (χ3n) is 4.40. The molecule has 0 aromatic heterocycles. The quantitative estimate of drug-likeness (QED) is 0.743. The number of hydrogen-bond acceptors (Lipinski definition) is 5. The zero-order chi connectivity index (χ0) is 19.4. The summed E-state index contributed by atoms with van der Waals surface area (Å²) in [4.78, 5) is 39.6. The Hall–Kier alpha value is -2.80. The van der Waals surface area contributed by atoms with Crippen LogP contribution in [-0.2, 0) is 4.79 Å². The van der Waals surface area contributed by atoms with E-state index < -0.39 is 23.8 Å². The molecule has 2 aromatic carbocycles. The first kappa shape index (κ1) is 19.0. The molecular formula is C20H20N2O4S. The number of benzene rings is 2. The maximum atomic E-state index is 13.0. The number of amides is 3. The van der Waals surface area contributed by atoms with Crippen molar-refractivity contribution >= 4 is 35.2 Å². The van der Waals surface area contributed by atoms with Crippen LogP contribution in [-0.4, -0.2) is 47.8 Å². The summed E-state index contributed by atoms with van der Waals surface area (Å²) < 4.78 is 5.26. The van der Waals surface area contributed by atoms with Gasteiger partial charge in [0.25, 0.3) is 11.8 Å². The van der Waals surface area contributed by atoms with Gasteiger partial charge in [0.2, 0.25) is 5.91 Å². The smallest absolute Gasteiger partial charge is 0.262 e. The number of carbonyl (C=O) groups excluding carboxylic acids is 3. The third-order valence-corrected chi connectivity index (χ3v) is 5.04. The molecule has 7 heteroatoms. The van der Waals surface area contributed by atoms with Crippen molar-refractivity contribution in [3.63, 3.8) is 0 Å². The number of anilines is 1. The summed E-state index contributed by atoms with van der Waals surface area (Å²) >= 11 is 1.55. The highest BCUT2D eigenvalue weighted by Crippen LogP contribution is 2.28. The molecule has 3 amide bonds. The molecule has 2 aromatic rings. The number of hydrogen-bond donors (Lipinski definition) is 1. The van der Waals surface area contributed by atoms with E-state index in [0.29, 0.717) is 34.7 Å². The molecule has 0 spiro atoms. The highest BCUT2D eigenvalue weighted by atomic mass is 32.2. The Morgan fingerprint density at radius 2 is 1.67 bits per heavy atom. The summed E-state index contributed by atoms with van der Waals surface area (Å²) in [5, 5.41) is 2.80. The second-order valence-corrected chi connectivity index (χ2v) is 7.00. The largest absolute Gasteiger partial charge is 0.495 e. The Labute approximate surface area is 161 Å². The summed E-state index contributed by atoms with van der Waals surface area (Å²) in [5.41, 5.74) is 1.17. The fraction of sp³-hybridized carbons (Fsp3) is 0.250. The van der Waals surface area contributed by atoms with E-state index in [0.717, 1.165) is 4.90 Å². The van der Waals surface area contributed by atoms with Crippen molar-refractivity contribution in [1.82, 2.24) is 4.90 Å². The highest BCUT2D eigenvalue weighted by molar-refractivity contribution is 7.98. The molecule has 1 aliphatic heterocycles. The Kier molecular flexibility index (Phi) is 5.81. The molecule has 0 fully saturated rings. The molecule has 0 aliphatic carbocycles. The van der Waals surface area contributed by atoms with Crippen molar-refractivity contribution in [2.45, 2.75) is 12.5 Å². The van der Waals surface area contributed by atoms with E-state index in [1.54, 1.807) is 60.3 Å². The maximum Gasteiger partial charge on any atom is 0.262 e. The molecule has 3 rings (SSSR count). The first-order chi connectivity index (χ1) is 13.1. The number of para-hydroxylation sites is 2. The Balaban J connectivity index is 1.89. The average molecular weight is 384 g/mol. The molecule has 1 atom stereocenters. The maximum absolute atomic E-state index is 13.0. The van der Waals surface area contributed by atoms with Crippen molar-refractivity contribution in [3.05, 3.63) is 59.7 Å². The van der Waals surface area contributed by atoms with Crippen LogP contribution in [0.3, 0.4) is 0 Å². The van der Waals surface area contributed by atoms with Gasteiger partial charge in [0.1, 0.15) is 11.8 Å². The van der Waals surface area contributed by atoms with E-state index in [2.05, 4.69) is 5.32 Å². The van der Waals surface area contributed by atoms with Gasteiger partial charge in [-0.05, 0) is 42.7 Å². The van der Waals surface area contributed by atoms with Crippen LogP contribution in [0.25, 0.3) is 0 Å². The molecule has 0 unspecified atom stereocenters. The molecule has 0 saturated heterocycles. The number of nitrogens with zero attached hydrogens (tertiary/aromatic N) is 1. The molecule has 0 radical (unpaired) electrons. The van der Waals surface area contributed by atoms with Gasteiger partial charge in [-0.25, -0.2) is 0 Å². The van der Waals surface area contributed by atoms with Crippen LogP contribution in [0, 0.1) is 0 Å². The lowest BCUT2D eigenvalue weighted by molar-refractivity contribution is -0.120. The number of thioether (sulfide) groups is 1. The van der Waals surface area contributed by atoms with Crippen molar-refractivity contribution in [2.24, 2.45) is 0 Å². The van der Waals surface area contributed by atoms with E-state index in [1.807, 2.05) is 6.26 Å². The number of methoxy groups -OCH3 is 1. The number of carbonyl (C=O) groups is 3. The van der Waals surface area contributed by atoms with Crippen LogP contribution in [0.2, 0.25) is 0 Å². The number of fused-ring (bicyclic) bond motifs is 1. The van der Waals surface area contributed by atoms with Crippen LogP contribution >= 0.6 is 11.8 Å². The van der Waals surface area contributed by atoms with E-state index in [4.69, 9.17) is 4.74 Å². The van der Waals surface area contributed by atoms with Crippen molar-refractivity contribution in [1.29, 1.82) is 0 Å². The summed E-state index contributed by atoms with van der Waals surface area (Å²) in [6.07, 6.45) is 2.28. The number of rotatable bonds is 7. The van der Waals surface area contributed by atoms with Gasteiger partial charge in [0.05, 0.1) is 23.9 Å². The Bertz CT molecular complexity index is 849. The number of imide groups is 1. The lowest BCUT2D eigenvalue weighted by Crippen LogP contribution is -2.47. The van der Waals surface area contributed by atoms with Gasteiger partial charge < -0.3 is 10.1 Å². The summed E-state index contributed by atoms with van der Waals surface area (Å²) in [5.74, 6) is -0.133. The molecular weight excluding hydrogens is 364 g/mol. The Morgan fingerprint density at radius 3 is 2.26 bits per heavy atom. The summed E-state index contributed by atoms with van der Waals surface area (Å²) in [6.45, 7) is 0. The SMILES string of the molecule is COc1ccccc1NC(=O)[C@@H](CCSC)N1C(=O)c2ccccc2C1=O. The third kappa shape index (κ3) is 3.68. The first-order valence-electron chi connectivity index (χ1n) is 8.48. The topological polar surface area (TPSA) is 75.7 Å². The molecule has 1 aliphatic rings. The van der Waals surface area contributed by atoms with Gasteiger partial charge >= 0.3 is 0 Å². The molecule has 1 heterocycles. The predicted octanol–water partition coefficient (Wildman–Crippen LogP) is 3.05. The van der Waals surface area contributed by atoms with Crippen LogP contribution in [0.4, 0.5) is 5.69 Å². The zero-order valence-corrected chi connectivity index (χ0v) is 15.9. The van der Waals surface area contributed by atoms with E-state index in [9.17, 15) is 14.4 Å². The van der Waals surface area contributed by atoms with Gasteiger partial charge in [-0.1, -0.05) is 24.3 Å². The monoisotopic (exact) mass is 384 g/mol. The van der Waals surface area contributed by atoms with E-state index in [-0.39, 0.29) is 0 Å². The van der Waals surface area contributed by atoms with Crippen molar-refractivity contribution in [3.8, 4) is 5.75 Å². The highest BCUT2D eigenvalue weighted by Gasteiger charge is 2.42. The first-order valence-corrected chi connectivity index (χ1v) is 9.87. The van der Waals surface area contributed by atoms with Gasteiger partial charge in [0, 0.05) is 0 Å². The average Bonchev–Trinajstić information content (AvgIpc) is 2.94. The fourth-order valence-corrected chi connectivity index (χ4v) is 3.52. The minimum absolute atomic E-state index is 0.335. The van der Waals surface area contributed by atoms with Gasteiger partial charge in [-0.2, -0.15) is 11.8 Å². The molecule has 0 bridgehead atoms.